The molecular weight excluding hydrogens is 376 g/mol. The topological polar surface area (TPSA) is 69.9 Å². The molecule has 0 N–H and O–H groups in total. The Balaban J connectivity index is 1.36. The van der Waals surface area contributed by atoms with Crippen LogP contribution in [0.1, 0.15) is 34.7 Å². The zero-order valence-electron chi connectivity index (χ0n) is 15.1. The van der Waals surface area contributed by atoms with Crippen molar-refractivity contribution in [3.63, 3.8) is 0 Å². The fraction of sp³-hybridized carbons (Fsp3) is 0.286. The number of aryl methyl sites for hydroxylation is 2. The number of esters is 1. The van der Waals surface area contributed by atoms with Gasteiger partial charge in [0.2, 0.25) is 0 Å². The van der Waals surface area contributed by atoms with Crippen molar-refractivity contribution in [1.29, 1.82) is 0 Å². The summed E-state index contributed by atoms with van der Waals surface area (Å²) < 4.78 is 12.7. The van der Waals surface area contributed by atoms with Crippen molar-refractivity contribution in [2.24, 2.45) is 0 Å². The molecule has 6 nitrogen and oxygen atoms in total. The highest BCUT2D eigenvalue weighted by atomic mass is 32.1. The van der Waals surface area contributed by atoms with Gasteiger partial charge in [-0.3, -0.25) is 9.20 Å². The minimum Gasteiger partial charge on any atom is -0.488 e. The third kappa shape index (κ3) is 3.01. The number of ether oxygens (including phenoxy) is 2. The Kier molecular flexibility index (Phi) is 4.24. The van der Waals surface area contributed by atoms with Gasteiger partial charge in [-0.1, -0.05) is 18.2 Å². The smallest absolute Gasteiger partial charge is 0.337 e. The highest BCUT2D eigenvalue weighted by molar-refractivity contribution is 7.17. The number of aromatic nitrogens is 2. The summed E-state index contributed by atoms with van der Waals surface area (Å²) in [4.78, 5) is 31.5. The number of nitrogens with zero attached hydrogens (tertiary/aromatic N) is 2. The molecule has 0 atom stereocenters. The SMILES string of the molecule is O=C(OCc1cc(=O)n2c3c(sc2n1)CCCC3)C1=Cc2ccccc2OC1. The van der Waals surface area contributed by atoms with Gasteiger partial charge >= 0.3 is 5.97 Å². The van der Waals surface area contributed by atoms with Crippen LogP contribution >= 0.6 is 11.3 Å². The fourth-order valence-corrected chi connectivity index (χ4v) is 4.91. The zero-order valence-corrected chi connectivity index (χ0v) is 16.0. The van der Waals surface area contributed by atoms with Gasteiger partial charge in [0, 0.05) is 22.2 Å². The second-order valence-electron chi connectivity index (χ2n) is 6.95. The van der Waals surface area contributed by atoms with Gasteiger partial charge in [0.25, 0.3) is 5.56 Å². The largest absolute Gasteiger partial charge is 0.488 e. The van der Waals surface area contributed by atoms with Gasteiger partial charge in [0.05, 0.1) is 11.3 Å². The molecular formula is C21H18N2O4S. The van der Waals surface area contributed by atoms with Crippen LogP contribution in [0.2, 0.25) is 0 Å². The first kappa shape index (κ1) is 17.2. The Bertz CT molecular complexity index is 1170. The van der Waals surface area contributed by atoms with Crippen molar-refractivity contribution in [1.82, 2.24) is 9.38 Å². The third-order valence-corrected chi connectivity index (χ3v) is 6.20. The van der Waals surface area contributed by atoms with Crippen molar-refractivity contribution < 1.29 is 14.3 Å². The number of rotatable bonds is 3. The van der Waals surface area contributed by atoms with Crippen LogP contribution in [0.25, 0.3) is 11.0 Å². The normalized spacial score (nSPS) is 15.4. The summed E-state index contributed by atoms with van der Waals surface area (Å²) in [6.07, 6.45) is 5.95. The summed E-state index contributed by atoms with van der Waals surface area (Å²) in [6.45, 7) is 0.134. The summed E-state index contributed by atoms with van der Waals surface area (Å²) in [5.41, 5.74) is 2.75. The van der Waals surface area contributed by atoms with Crippen LogP contribution in [0.15, 0.2) is 40.7 Å². The van der Waals surface area contributed by atoms with Gasteiger partial charge in [0.1, 0.15) is 19.0 Å². The quantitative estimate of drug-likeness (QED) is 0.639. The van der Waals surface area contributed by atoms with Crippen LogP contribution in [-0.2, 0) is 29.0 Å². The van der Waals surface area contributed by atoms with Gasteiger partial charge in [-0.15, -0.1) is 11.3 Å². The molecule has 7 heteroatoms. The molecule has 142 valence electrons. The van der Waals surface area contributed by atoms with E-state index in [0.717, 1.165) is 42.7 Å². The van der Waals surface area contributed by atoms with E-state index in [-0.39, 0.29) is 18.8 Å². The number of hydrogen-bond acceptors (Lipinski definition) is 6. The summed E-state index contributed by atoms with van der Waals surface area (Å²) in [6, 6.07) is 8.99. The Morgan fingerprint density at radius 1 is 1.25 bits per heavy atom. The molecule has 0 unspecified atom stereocenters. The fourth-order valence-electron chi connectivity index (χ4n) is 3.68. The van der Waals surface area contributed by atoms with Gasteiger partial charge in [-0.2, -0.15) is 0 Å². The summed E-state index contributed by atoms with van der Waals surface area (Å²) in [7, 11) is 0. The van der Waals surface area contributed by atoms with E-state index in [0.29, 0.717) is 16.2 Å². The summed E-state index contributed by atoms with van der Waals surface area (Å²) >= 11 is 1.56. The lowest BCUT2D eigenvalue weighted by molar-refractivity contribution is -0.140. The van der Waals surface area contributed by atoms with Crippen molar-refractivity contribution in [3.8, 4) is 5.75 Å². The molecule has 2 aliphatic rings. The maximum absolute atomic E-state index is 12.6. The van der Waals surface area contributed by atoms with Crippen molar-refractivity contribution >= 4 is 28.3 Å². The maximum Gasteiger partial charge on any atom is 0.337 e. The second-order valence-corrected chi connectivity index (χ2v) is 8.02. The first-order valence-corrected chi connectivity index (χ1v) is 10.1. The first-order chi connectivity index (χ1) is 13.7. The molecule has 0 spiro atoms. The average Bonchev–Trinajstić information content (AvgIpc) is 3.10. The molecule has 0 bridgehead atoms. The Morgan fingerprint density at radius 2 is 2.11 bits per heavy atom. The van der Waals surface area contributed by atoms with Gasteiger partial charge in [0.15, 0.2) is 4.96 Å². The molecule has 2 aromatic heterocycles. The predicted molar refractivity (Wildman–Crippen MR) is 106 cm³/mol. The van der Waals surface area contributed by atoms with E-state index in [1.54, 1.807) is 21.8 Å². The predicted octanol–water partition coefficient (Wildman–Crippen LogP) is 3.15. The minimum absolute atomic E-state index is 0.0356. The number of carbonyl (C=O) groups excluding carboxylic acids is 1. The van der Waals surface area contributed by atoms with Crippen LogP contribution < -0.4 is 10.3 Å². The molecule has 1 aliphatic carbocycles. The van der Waals surface area contributed by atoms with E-state index in [2.05, 4.69) is 4.98 Å². The molecule has 0 saturated heterocycles. The van der Waals surface area contributed by atoms with Crippen molar-refractivity contribution in [2.75, 3.05) is 6.61 Å². The Labute approximate surface area is 165 Å². The molecule has 28 heavy (non-hydrogen) atoms. The Morgan fingerprint density at radius 3 is 3.04 bits per heavy atom. The van der Waals surface area contributed by atoms with Crippen LogP contribution in [0.5, 0.6) is 5.75 Å². The van der Waals surface area contributed by atoms with E-state index in [4.69, 9.17) is 9.47 Å². The van der Waals surface area contributed by atoms with Gasteiger partial charge in [-0.25, -0.2) is 9.78 Å². The highest BCUT2D eigenvalue weighted by Crippen LogP contribution is 2.28. The standard InChI is InChI=1S/C21H18N2O4S/c24-19-10-15(22-21-23(19)16-6-2-4-8-18(16)28-21)12-27-20(25)14-9-13-5-1-3-7-17(13)26-11-14/h1,3,5,7,9-10H,2,4,6,8,11-12H2. The second kappa shape index (κ2) is 6.91. The molecule has 3 aromatic rings. The van der Waals surface area contributed by atoms with Crippen molar-refractivity contribution in [2.45, 2.75) is 32.3 Å². The van der Waals surface area contributed by atoms with E-state index in [9.17, 15) is 9.59 Å². The van der Waals surface area contributed by atoms with Crippen LogP contribution in [0.3, 0.4) is 0 Å². The van der Waals surface area contributed by atoms with E-state index < -0.39 is 5.97 Å². The lowest BCUT2D eigenvalue weighted by Crippen LogP contribution is -2.20. The maximum atomic E-state index is 12.6. The molecule has 0 saturated carbocycles. The first-order valence-electron chi connectivity index (χ1n) is 9.32. The van der Waals surface area contributed by atoms with E-state index >= 15 is 0 Å². The lowest BCUT2D eigenvalue weighted by atomic mass is 10.0. The molecule has 0 fully saturated rings. The van der Waals surface area contributed by atoms with E-state index in [1.165, 1.54) is 10.9 Å². The number of para-hydroxylation sites is 1. The van der Waals surface area contributed by atoms with Crippen LogP contribution in [0.4, 0.5) is 0 Å². The number of carbonyl (C=O) groups is 1. The number of thiazole rings is 1. The highest BCUT2D eigenvalue weighted by Gasteiger charge is 2.20. The van der Waals surface area contributed by atoms with Crippen LogP contribution in [0, 0.1) is 0 Å². The monoisotopic (exact) mass is 394 g/mol. The number of benzene rings is 1. The van der Waals surface area contributed by atoms with Gasteiger partial charge in [-0.05, 0) is 37.8 Å². The molecule has 5 rings (SSSR count). The van der Waals surface area contributed by atoms with Gasteiger partial charge < -0.3 is 9.47 Å². The minimum atomic E-state index is -0.457. The average molecular weight is 394 g/mol. The van der Waals surface area contributed by atoms with Crippen LogP contribution in [-0.4, -0.2) is 22.0 Å². The molecule has 1 aromatic carbocycles. The Hall–Kier alpha value is -2.93. The molecule has 1 aliphatic heterocycles. The third-order valence-electron chi connectivity index (χ3n) is 5.06. The lowest BCUT2D eigenvalue weighted by Gasteiger charge is -2.16. The molecule has 3 heterocycles. The van der Waals surface area contributed by atoms with E-state index in [1.807, 2.05) is 24.3 Å². The summed E-state index contributed by atoms with van der Waals surface area (Å²) in [5.74, 6) is 0.294. The molecule has 0 amide bonds. The number of fused-ring (bicyclic) bond motifs is 4. The number of hydrogen-bond donors (Lipinski definition) is 0. The van der Waals surface area contributed by atoms with Crippen molar-refractivity contribution in [3.05, 3.63) is 68.1 Å². The molecule has 0 radical (unpaired) electrons. The zero-order chi connectivity index (χ0) is 19.1. The summed E-state index contributed by atoms with van der Waals surface area (Å²) in [5, 5.41) is 0.